The average molecular weight is 431 g/mol. The maximum atomic E-state index is 12.5. The number of nitro groups is 1. The Labute approximate surface area is 186 Å². The molecule has 3 aromatic rings. The summed E-state index contributed by atoms with van der Waals surface area (Å²) in [5.41, 5.74) is 2.91. The van der Waals surface area contributed by atoms with Crippen LogP contribution >= 0.6 is 0 Å². The number of rotatable bonds is 5. The maximum absolute atomic E-state index is 12.5. The van der Waals surface area contributed by atoms with Crippen molar-refractivity contribution >= 4 is 23.1 Å². The number of hydrogen-bond donors (Lipinski definition) is 1. The van der Waals surface area contributed by atoms with Crippen LogP contribution in [0.25, 0.3) is 11.3 Å². The second-order valence-corrected chi connectivity index (χ2v) is 8.24. The smallest absolute Gasteiger partial charge is 0.273 e. The molecular weight excluding hydrogens is 406 g/mol. The molecule has 8 heteroatoms. The second kappa shape index (κ2) is 9.13. The van der Waals surface area contributed by atoms with E-state index in [2.05, 4.69) is 27.3 Å². The van der Waals surface area contributed by atoms with Crippen LogP contribution in [-0.4, -0.2) is 34.1 Å². The van der Waals surface area contributed by atoms with Crippen molar-refractivity contribution in [1.29, 1.82) is 0 Å². The van der Waals surface area contributed by atoms with E-state index in [1.54, 1.807) is 31.2 Å². The third-order valence-electron chi connectivity index (χ3n) is 5.86. The van der Waals surface area contributed by atoms with Gasteiger partial charge in [-0.3, -0.25) is 14.9 Å². The molecule has 0 bridgehead atoms. The number of nitrogens with zero attached hydrogens (tertiary/aromatic N) is 4. The molecule has 0 unspecified atom stereocenters. The number of carbonyl (C=O) groups excluding carboxylic acids is 1. The fourth-order valence-corrected chi connectivity index (χ4v) is 3.76. The molecule has 2 heterocycles. The van der Waals surface area contributed by atoms with Crippen LogP contribution in [0.2, 0.25) is 0 Å². The minimum atomic E-state index is -0.487. The van der Waals surface area contributed by atoms with Gasteiger partial charge in [-0.1, -0.05) is 25.1 Å². The molecule has 164 valence electrons. The summed E-state index contributed by atoms with van der Waals surface area (Å²) in [7, 11) is 0. The van der Waals surface area contributed by atoms with Gasteiger partial charge < -0.3 is 10.2 Å². The van der Waals surface area contributed by atoms with E-state index in [0.29, 0.717) is 11.3 Å². The van der Waals surface area contributed by atoms with Crippen molar-refractivity contribution in [2.75, 3.05) is 23.3 Å². The molecule has 1 aromatic heterocycles. The maximum Gasteiger partial charge on any atom is 0.273 e. The van der Waals surface area contributed by atoms with Crippen molar-refractivity contribution in [2.45, 2.75) is 26.7 Å². The summed E-state index contributed by atoms with van der Waals surface area (Å²) in [5, 5.41) is 22.7. The van der Waals surface area contributed by atoms with Gasteiger partial charge in [-0.25, -0.2) is 0 Å². The van der Waals surface area contributed by atoms with Gasteiger partial charge in [0, 0.05) is 41.5 Å². The highest BCUT2D eigenvalue weighted by Gasteiger charge is 2.18. The lowest BCUT2D eigenvalue weighted by molar-refractivity contribution is -0.385. The van der Waals surface area contributed by atoms with Gasteiger partial charge in [0.1, 0.15) is 0 Å². The number of aryl methyl sites for hydroxylation is 1. The van der Waals surface area contributed by atoms with Crippen LogP contribution in [0, 0.1) is 23.0 Å². The fourth-order valence-electron chi connectivity index (χ4n) is 3.76. The van der Waals surface area contributed by atoms with Gasteiger partial charge in [0.15, 0.2) is 5.82 Å². The number of nitrogens with one attached hydrogen (secondary N) is 1. The van der Waals surface area contributed by atoms with Gasteiger partial charge in [0.2, 0.25) is 0 Å². The predicted molar refractivity (Wildman–Crippen MR) is 124 cm³/mol. The molecule has 32 heavy (non-hydrogen) atoms. The molecule has 8 nitrogen and oxygen atoms in total. The van der Waals surface area contributed by atoms with Gasteiger partial charge in [-0.2, -0.15) is 0 Å². The lowest BCUT2D eigenvalue weighted by Crippen LogP contribution is -2.33. The van der Waals surface area contributed by atoms with Crippen LogP contribution in [0.5, 0.6) is 0 Å². The average Bonchev–Trinajstić information content (AvgIpc) is 2.80. The molecule has 1 aliphatic rings. The largest absolute Gasteiger partial charge is 0.355 e. The third kappa shape index (κ3) is 4.74. The zero-order valence-corrected chi connectivity index (χ0v) is 18.1. The Kier molecular flexibility index (Phi) is 6.11. The van der Waals surface area contributed by atoms with E-state index in [1.807, 2.05) is 24.3 Å². The van der Waals surface area contributed by atoms with Gasteiger partial charge in [-0.15, -0.1) is 10.2 Å². The first-order valence-corrected chi connectivity index (χ1v) is 10.7. The quantitative estimate of drug-likeness (QED) is 0.458. The molecule has 2 aromatic carbocycles. The Hall–Kier alpha value is -3.81. The van der Waals surface area contributed by atoms with Crippen LogP contribution in [-0.2, 0) is 0 Å². The molecule has 4 rings (SSSR count). The molecule has 1 N–H and O–H groups in total. The monoisotopic (exact) mass is 431 g/mol. The highest BCUT2D eigenvalue weighted by molar-refractivity contribution is 6.04. The molecule has 0 atom stereocenters. The fraction of sp³-hybridized carbons (Fsp3) is 0.292. The van der Waals surface area contributed by atoms with E-state index >= 15 is 0 Å². The number of nitro benzene ring substituents is 1. The molecule has 1 aliphatic heterocycles. The molecular formula is C24H25N5O3. The first kappa shape index (κ1) is 21.4. The van der Waals surface area contributed by atoms with Gasteiger partial charge in [0.05, 0.1) is 10.6 Å². The highest BCUT2D eigenvalue weighted by Crippen LogP contribution is 2.24. The van der Waals surface area contributed by atoms with Crippen molar-refractivity contribution in [1.82, 2.24) is 10.2 Å². The number of aromatic nitrogens is 2. The van der Waals surface area contributed by atoms with Crippen LogP contribution in [0.3, 0.4) is 0 Å². The van der Waals surface area contributed by atoms with Crippen LogP contribution < -0.4 is 10.2 Å². The molecule has 0 saturated carbocycles. The molecule has 1 fully saturated rings. The molecule has 1 amide bonds. The summed E-state index contributed by atoms with van der Waals surface area (Å²) >= 11 is 0. The zero-order chi connectivity index (χ0) is 22.7. The topological polar surface area (TPSA) is 101 Å². The summed E-state index contributed by atoms with van der Waals surface area (Å²) in [4.78, 5) is 25.4. The Morgan fingerprint density at radius 3 is 2.41 bits per heavy atom. The van der Waals surface area contributed by atoms with E-state index < -0.39 is 10.8 Å². The minimum Gasteiger partial charge on any atom is -0.355 e. The lowest BCUT2D eigenvalue weighted by atomic mass is 9.99. The zero-order valence-electron chi connectivity index (χ0n) is 18.1. The normalized spacial score (nSPS) is 14.2. The Morgan fingerprint density at radius 1 is 1.06 bits per heavy atom. The van der Waals surface area contributed by atoms with Crippen molar-refractivity contribution in [3.8, 4) is 11.3 Å². The van der Waals surface area contributed by atoms with Gasteiger partial charge in [-0.05, 0) is 56.0 Å². The van der Waals surface area contributed by atoms with Crippen LogP contribution in [0.4, 0.5) is 17.2 Å². The van der Waals surface area contributed by atoms with E-state index in [4.69, 9.17) is 0 Å². The number of anilines is 2. The minimum absolute atomic E-state index is 0.0749. The Bertz CT molecular complexity index is 1120. The Morgan fingerprint density at radius 2 is 1.78 bits per heavy atom. The van der Waals surface area contributed by atoms with Gasteiger partial charge >= 0.3 is 0 Å². The highest BCUT2D eigenvalue weighted by atomic mass is 16.6. The SMILES string of the molecule is Cc1ccc(C(=O)Nc2ccc(-c3ccc(N4CCC(C)CC4)nn3)cc2)cc1[N+](=O)[O-]. The van der Waals surface area contributed by atoms with E-state index in [1.165, 1.54) is 18.9 Å². The van der Waals surface area contributed by atoms with Crippen LogP contribution in [0.15, 0.2) is 54.6 Å². The predicted octanol–water partition coefficient (Wildman–Crippen LogP) is 4.85. The molecule has 0 aliphatic carbocycles. The molecule has 0 radical (unpaired) electrons. The van der Waals surface area contributed by atoms with Crippen molar-refractivity contribution in [3.05, 3.63) is 75.8 Å². The standard InChI is InChI=1S/C24H25N5O3/c1-16-11-13-28(14-12-16)23-10-9-21(26-27-23)18-5-7-20(8-6-18)25-24(30)19-4-3-17(2)22(15-19)29(31)32/h3-10,15-16H,11-14H2,1-2H3,(H,25,30). The Balaban J connectivity index is 1.42. The summed E-state index contributed by atoms with van der Waals surface area (Å²) in [6.07, 6.45) is 2.35. The lowest BCUT2D eigenvalue weighted by Gasteiger charge is -2.30. The molecule has 1 saturated heterocycles. The summed E-state index contributed by atoms with van der Waals surface area (Å²) in [6, 6.07) is 15.7. The summed E-state index contributed by atoms with van der Waals surface area (Å²) in [6.45, 7) is 5.94. The van der Waals surface area contributed by atoms with E-state index in [9.17, 15) is 14.9 Å². The number of piperidine rings is 1. The number of hydrogen-bond acceptors (Lipinski definition) is 6. The van der Waals surface area contributed by atoms with Crippen molar-refractivity contribution in [2.24, 2.45) is 5.92 Å². The summed E-state index contributed by atoms with van der Waals surface area (Å²) < 4.78 is 0. The van der Waals surface area contributed by atoms with Crippen molar-refractivity contribution in [3.63, 3.8) is 0 Å². The first-order chi connectivity index (χ1) is 15.4. The van der Waals surface area contributed by atoms with E-state index in [0.717, 1.165) is 36.1 Å². The third-order valence-corrected chi connectivity index (χ3v) is 5.86. The molecule has 0 spiro atoms. The van der Waals surface area contributed by atoms with Crippen molar-refractivity contribution < 1.29 is 9.72 Å². The number of carbonyl (C=O) groups is 1. The first-order valence-electron chi connectivity index (χ1n) is 10.7. The number of amides is 1. The number of benzene rings is 2. The van der Waals surface area contributed by atoms with Crippen LogP contribution in [0.1, 0.15) is 35.7 Å². The summed E-state index contributed by atoms with van der Waals surface area (Å²) in [5.74, 6) is 1.26. The van der Waals surface area contributed by atoms with Gasteiger partial charge in [0.25, 0.3) is 11.6 Å². The second-order valence-electron chi connectivity index (χ2n) is 8.24. The van der Waals surface area contributed by atoms with E-state index in [-0.39, 0.29) is 11.3 Å².